The lowest BCUT2D eigenvalue weighted by Crippen LogP contribution is -1.96. The van der Waals surface area contributed by atoms with E-state index >= 15 is 0 Å². The lowest BCUT2D eigenvalue weighted by molar-refractivity contribution is 0.870. The molecule has 5 heteroatoms. The molecule has 0 saturated heterocycles. The van der Waals surface area contributed by atoms with E-state index in [-0.39, 0.29) is 0 Å². The predicted molar refractivity (Wildman–Crippen MR) is 61.0 cm³/mol. The summed E-state index contributed by atoms with van der Waals surface area (Å²) in [5, 5.41) is 0. The molecule has 0 aromatic carbocycles. The van der Waals surface area contributed by atoms with Crippen LogP contribution in [0.4, 0.5) is 0 Å². The monoisotopic (exact) mass is 220 g/mol. The van der Waals surface area contributed by atoms with E-state index in [1.54, 1.807) is 12.4 Å². The number of imidazole rings is 1. The first kappa shape index (κ1) is 10.0. The van der Waals surface area contributed by atoms with Gasteiger partial charge in [-0.05, 0) is 12.5 Å². The fraction of sp³-hybridized carbons (Fsp3) is 0.300. The number of aromatic nitrogens is 4. The van der Waals surface area contributed by atoms with Crippen LogP contribution in [0, 0.1) is 4.64 Å². The molecule has 4 nitrogen and oxygen atoms in total. The Morgan fingerprint density at radius 1 is 1.40 bits per heavy atom. The standard InChI is InChI=1S/C10H12N4S/c1-2-3-7-6-8(15)14-10(13-7)9-11-4-5-12-9/h4-6H,2-3H2,1H3,(H,11,12)(H,13,14,15). The minimum Gasteiger partial charge on any atom is -0.342 e. The van der Waals surface area contributed by atoms with Gasteiger partial charge in [-0.3, -0.25) is 0 Å². The first-order chi connectivity index (χ1) is 7.29. The summed E-state index contributed by atoms with van der Waals surface area (Å²) >= 11 is 5.10. The average molecular weight is 220 g/mol. The molecule has 0 amide bonds. The Morgan fingerprint density at radius 2 is 2.27 bits per heavy atom. The summed E-state index contributed by atoms with van der Waals surface area (Å²) in [6.07, 6.45) is 5.51. The van der Waals surface area contributed by atoms with Gasteiger partial charge in [-0.25, -0.2) is 9.97 Å². The molecule has 2 rings (SSSR count). The number of rotatable bonds is 3. The van der Waals surface area contributed by atoms with Crippen molar-refractivity contribution in [2.75, 3.05) is 0 Å². The van der Waals surface area contributed by atoms with Crippen molar-refractivity contribution in [3.05, 3.63) is 28.8 Å². The largest absolute Gasteiger partial charge is 0.342 e. The van der Waals surface area contributed by atoms with Gasteiger partial charge in [0.25, 0.3) is 0 Å². The fourth-order valence-corrected chi connectivity index (χ4v) is 1.65. The molecule has 2 aromatic heterocycles. The molecule has 2 aromatic rings. The van der Waals surface area contributed by atoms with Gasteiger partial charge in [0, 0.05) is 18.1 Å². The van der Waals surface area contributed by atoms with Gasteiger partial charge in [0.15, 0.2) is 11.6 Å². The van der Waals surface area contributed by atoms with Crippen molar-refractivity contribution < 1.29 is 0 Å². The summed E-state index contributed by atoms with van der Waals surface area (Å²) < 4.78 is 0.601. The molecule has 0 bridgehead atoms. The van der Waals surface area contributed by atoms with E-state index in [0.717, 1.165) is 24.4 Å². The topological polar surface area (TPSA) is 57.4 Å². The zero-order chi connectivity index (χ0) is 10.7. The van der Waals surface area contributed by atoms with Crippen LogP contribution in [0.5, 0.6) is 0 Å². The molecule has 0 atom stereocenters. The minimum absolute atomic E-state index is 0.601. The lowest BCUT2D eigenvalue weighted by atomic mass is 10.2. The van der Waals surface area contributed by atoms with Crippen LogP contribution in [0.15, 0.2) is 18.5 Å². The van der Waals surface area contributed by atoms with Crippen LogP contribution < -0.4 is 0 Å². The molecule has 0 fully saturated rings. The van der Waals surface area contributed by atoms with Crippen molar-refractivity contribution in [1.82, 2.24) is 19.9 Å². The van der Waals surface area contributed by atoms with Crippen LogP contribution in [0.25, 0.3) is 11.6 Å². The predicted octanol–water partition coefficient (Wildman–Crippen LogP) is 2.48. The first-order valence-corrected chi connectivity index (χ1v) is 5.30. The number of aryl methyl sites for hydroxylation is 1. The Balaban J connectivity index is 2.44. The molecular weight excluding hydrogens is 208 g/mol. The number of aromatic amines is 2. The van der Waals surface area contributed by atoms with Crippen LogP contribution in [0.1, 0.15) is 19.0 Å². The Morgan fingerprint density at radius 3 is 2.93 bits per heavy atom. The fourth-order valence-electron chi connectivity index (χ4n) is 1.42. The first-order valence-electron chi connectivity index (χ1n) is 4.89. The highest BCUT2D eigenvalue weighted by atomic mass is 32.1. The zero-order valence-corrected chi connectivity index (χ0v) is 9.27. The molecule has 15 heavy (non-hydrogen) atoms. The van der Waals surface area contributed by atoms with Crippen molar-refractivity contribution in [3.8, 4) is 11.6 Å². The molecule has 0 spiro atoms. The van der Waals surface area contributed by atoms with Gasteiger partial charge >= 0.3 is 0 Å². The third kappa shape index (κ3) is 2.30. The van der Waals surface area contributed by atoms with Crippen molar-refractivity contribution in [2.24, 2.45) is 0 Å². The zero-order valence-electron chi connectivity index (χ0n) is 8.45. The molecule has 2 N–H and O–H groups in total. The summed E-state index contributed by atoms with van der Waals surface area (Å²) in [6, 6.07) is 1.89. The quantitative estimate of drug-likeness (QED) is 0.781. The van der Waals surface area contributed by atoms with Gasteiger partial charge in [-0.15, -0.1) is 0 Å². The van der Waals surface area contributed by atoms with E-state index in [2.05, 4.69) is 26.9 Å². The summed E-state index contributed by atoms with van der Waals surface area (Å²) in [7, 11) is 0. The van der Waals surface area contributed by atoms with E-state index < -0.39 is 0 Å². The molecule has 0 aliphatic heterocycles. The Bertz CT molecular complexity index is 486. The van der Waals surface area contributed by atoms with E-state index in [1.807, 2.05) is 6.07 Å². The Hall–Kier alpha value is -1.49. The molecule has 0 unspecified atom stereocenters. The second-order valence-corrected chi connectivity index (χ2v) is 3.70. The SMILES string of the molecule is CCCc1cc(=S)nc(-c2ncc[nH]2)[nH]1. The van der Waals surface area contributed by atoms with Crippen molar-refractivity contribution >= 4 is 12.2 Å². The van der Waals surface area contributed by atoms with E-state index in [9.17, 15) is 0 Å². The molecule has 2 heterocycles. The average Bonchev–Trinajstić information content (AvgIpc) is 2.70. The van der Waals surface area contributed by atoms with Crippen LogP contribution in [0.2, 0.25) is 0 Å². The highest BCUT2D eigenvalue weighted by molar-refractivity contribution is 7.71. The van der Waals surface area contributed by atoms with Gasteiger partial charge < -0.3 is 9.97 Å². The molecule has 0 radical (unpaired) electrons. The van der Waals surface area contributed by atoms with Crippen LogP contribution >= 0.6 is 12.2 Å². The van der Waals surface area contributed by atoms with Gasteiger partial charge in [0.2, 0.25) is 0 Å². The van der Waals surface area contributed by atoms with Crippen molar-refractivity contribution in [1.29, 1.82) is 0 Å². The van der Waals surface area contributed by atoms with Gasteiger partial charge in [0.1, 0.15) is 4.64 Å². The summed E-state index contributed by atoms with van der Waals surface area (Å²) in [5.74, 6) is 1.43. The molecule has 78 valence electrons. The van der Waals surface area contributed by atoms with Gasteiger partial charge in [-0.2, -0.15) is 0 Å². The Kier molecular flexibility index (Phi) is 2.91. The second-order valence-electron chi connectivity index (χ2n) is 3.28. The molecular formula is C10H12N4S. The maximum absolute atomic E-state index is 5.10. The Labute approximate surface area is 92.8 Å². The normalized spacial score (nSPS) is 10.5. The number of nitrogens with one attached hydrogen (secondary N) is 2. The molecule has 0 saturated carbocycles. The van der Waals surface area contributed by atoms with Crippen LogP contribution in [0.3, 0.4) is 0 Å². The van der Waals surface area contributed by atoms with Gasteiger partial charge in [0.05, 0.1) is 0 Å². The summed E-state index contributed by atoms with van der Waals surface area (Å²) in [6.45, 7) is 2.13. The number of hydrogen-bond acceptors (Lipinski definition) is 3. The van der Waals surface area contributed by atoms with Crippen LogP contribution in [-0.2, 0) is 6.42 Å². The van der Waals surface area contributed by atoms with E-state index in [4.69, 9.17) is 12.2 Å². The van der Waals surface area contributed by atoms with Gasteiger partial charge in [-0.1, -0.05) is 25.6 Å². The van der Waals surface area contributed by atoms with Crippen LogP contribution in [-0.4, -0.2) is 19.9 Å². The molecule has 0 aliphatic carbocycles. The smallest absolute Gasteiger partial charge is 0.175 e. The van der Waals surface area contributed by atoms with E-state index in [1.165, 1.54) is 0 Å². The minimum atomic E-state index is 0.601. The maximum Gasteiger partial charge on any atom is 0.175 e. The third-order valence-corrected chi connectivity index (χ3v) is 2.25. The van der Waals surface area contributed by atoms with Crippen molar-refractivity contribution in [3.63, 3.8) is 0 Å². The maximum atomic E-state index is 5.10. The summed E-state index contributed by atoms with van der Waals surface area (Å²) in [4.78, 5) is 14.6. The number of hydrogen-bond donors (Lipinski definition) is 2. The number of nitrogens with zero attached hydrogens (tertiary/aromatic N) is 2. The second kappa shape index (κ2) is 4.35. The van der Waals surface area contributed by atoms with Crippen molar-refractivity contribution in [2.45, 2.75) is 19.8 Å². The summed E-state index contributed by atoms with van der Waals surface area (Å²) in [5.41, 5.74) is 1.10. The highest BCUT2D eigenvalue weighted by Gasteiger charge is 2.03. The lowest BCUT2D eigenvalue weighted by Gasteiger charge is -2.02. The third-order valence-electron chi connectivity index (χ3n) is 2.04. The number of H-pyrrole nitrogens is 2. The molecule has 0 aliphatic rings. The highest BCUT2D eigenvalue weighted by Crippen LogP contribution is 2.10. The van der Waals surface area contributed by atoms with E-state index in [0.29, 0.717) is 10.5 Å².